The Kier molecular flexibility index (Phi) is 1.40. The van der Waals surface area contributed by atoms with Crippen molar-refractivity contribution in [2.24, 2.45) is 23.2 Å². The van der Waals surface area contributed by atoms with Crippen LogP contribution in [0.2, 0.25) is 0 Å². The van der Waals surface area contributed by atoms with Gasteiger partial charge in [0, 0.05) is 18.0 Å². The summed E-state index contributed by atoms with van der Waals surface area (Å²) in [5, 5.41) is 6.22. The van der Waals surface area contributed by atoms with Gasteiger partial charge in [-0.25, -0.2) is 4.79 Å². The highest BCUT2D eigenvalue weighted by Gasteiger charge is 2.58. The minimum absolute atomic E-state index is 0.0677. The lowest BCUT2D eigenvalue weighted by Gasteiger charge is -2.62. The van der Waals surface area contributed by atoms with Crippen molar-refractivity contribution < 1.29 is 4.79 Å². The standard InChI is InChI=1S/C12H18N2O/c15-11-13-6-12-4-7-1-8(5-12)3-9(2-7)10(12)14-11/h7-10H,1-6H2,(H2,13,14,15). The van der Waals surface area contributed by atoms with Gasteiger partial charge in [0.25, 0.3) is 0 Å². The average molecular weight is 206 g/mol. The molecule has 5 fully saturated rings. The second-order valence-corrected chi connectivity index (χ2v) is 6.27. The molecule has 3 nitrogen and oxygen atoms in total. The van der Waals surface area contributed by atoms with Crippen LogP contribution in [0.4, 0.5) is 4.79 Å². The summed E-state index contributed by atoms with van der Waals surface area (Å²) in [6.07, 6.45) is 6.95. The topological polar surface area (TPSA) is 41.1 Å². The van der Waals surface area contributed by atoms with Gasteiger partial charge in [-0.1, -0.05) is 0 Å². The van der Waals surface area contributed by atoms with Crippen LogP contribution < -0.4 is 10.6 Å². The molecule has 3 atom stereocenters. The fourth-order valence-electron chi connectivity index (χ4n) is 5.18. The van der Waals surface area contributed by atoms with Crippen molar-refractivity contribution in [3.8, 4) is 0 Å². The molecular formula is C12H18N2O. The number of rotatable bonds is 0. The van der Waals surface area contributed by atoms with Gasteiger partial charge in [-0.15, -0.1) is 0 Å². The maximum absolute atomic E-state index is 11.4. The molecule has 1 spiro atoms. The third-order valence-corrected chi connectivity index (χ3v) is 5.35. The molecule has 3 heteroatoms. The first kappa shape index (κ1) is 8.43. The van der Waals surface area contributed by atoms with Gasteiger partial charge in [-0.3, -0.25) is 0 Å². The third kappa shape index (κ3) is 0.990. The first-order chi connectivity index (χ1) is 7.25. The second-order valence-electron chi connectivity index (χ2n) is 6.27. The number of hydrogen-bond acceptors (Lipinski definition) is 1. The molecule has 0 radical (unpaired) electrons. The lowest BCUT2D eigenvalue weighted by atomic mass is 9.47. The molecular weight excluding hydrogens is 188 g/mol. The molecule has 1 aliphatic heterocycles. The number of hydrogen-bond donors (Lipinski definition) is 2. The van der Waals surface area contributed by atoms with Gasteiger partial charge in [0.1, 0.15) is 0 Å². The summed E-state index contributed by atoms with van der Waals surface area (Å²) in [4.78, 5) is 11.4. The molecule has 1 saturated heterocycles. The number of carbonyl (C=O) groups excluding carboxylic acids is 1. The van der Waals surface area contributed by atoms with Crippen molar-refractivity contribution in [2.45, 2.75) is 38.1 Å². The second kappa shape index (κ2) is 2.50. The van der Waals surface area contributed by atoms with Gasteiger partial charge in [0.2, 0.25) is 0 Å². The Bertz CT molecular complexity index is 314. The van der Waals surface area contributed by atoms with E-state index in [1.54, 1.807) is 0 Å². The Hall–Kier alpha value is -0.730. The van der Waals surface area contributed by atoms with Crippen LogP contribution >= 0.6 is 0 Å². The highest BCUT2D eigenvalue weighted by molar-refractivity contribution is 5.75. The Morgan fingerprint density at radius 3 is 2.60 bits per heavy atom. The summed E-state index contributed by atoms with van der Waals surface area (Å²) in [6, 6.07) is 0.567. The predicted molar refractivity (Wildman–Crippen MR) is 56.3 cm³/mol. The largest absolute Gasteiger partial charge is 0.338 e. The minimum Gasteiger partial charge on any atom is -0.338 e. The molecule has 0 aromatic heterocycles. The Balaban J connectivity index is 1.74. The molecule has 4 saturated carbocycles. The van der Waals surface area contributed by atoms with Crippen molar-refractivity contribution in [3.63, 3.8) is 0 Å². The number of amides is 2. The van der Waals surface area contributed by atoms with E-state index in [-0.39, 0.29) is 6.03 Å². The van der Waals surface area contributed by atoms with E-state index in [0.29, 0.717) is 11.5 Å². The van der Waals surface area contributed by atoms with E-state index in [1.165, 1.54) is 32.1 Å². The molecule has 2 amide bonds. The van der Waals surface area contributed by atoms with Gasteiger partial charge in [-0.2, -0.15) is 0 Å². The Labute approximate surface area is 90.0 Å². The summed E-state index contributed by atoms with van der Waals surface area (Å²) in [5.41, 5.74) is 0.433. The zero-order valence-electron chi connectivity index (χ0n) is 8.96. The molecule has 2 N–H and O–H groups in total. The van der Waals surface area contributed by atoms with Crippen LogP contribution in [-0.4, -0.2) is 18.6 Å². The van der Waals surface area contributed by atoms with E-state index in [0.717, 1.165) is 24.3 Å². The molecule has 15 heavy (non-hydrogen) atoms. The molecule has 82 valence electrons. The molecule has 0 aromatic rings. The zero-order chi connectivity index (χ0) is 10.0. The lowest BCUT2D eigenvalue weighted by Crippen LogP contribution is -2.70. The molecule has 5 aliphatic rings. The molecule has 3 unspecified atom stereocenters. The fraction of sp³-hybridized carbons (Fsp3) is 0.917. The van der Waals surface area contributed by atoms with Gasteiger partial charge < -0.3 is 10.6 Å². The molecule has 4 aliphatic carbocycles. The summed E-state index contributed by atoms with van der Waals surface area (Å²) in [5.74, 6) is 2.73. The third-order valence-electron chi connectivity index (χ3n) is 5.35. The highest BCUT2D eigenvalue weighted by atomic mass is 16.2. The van der Waals surface area contributed by atoms with Crippen LogP contribution in [0.1, 0.15) is 32.1 Å². The van der Waals surface area contributed by atoms with Crippen LogP contribution in [0.15, 0.2) is 0 Å². The van der Waals surface area contributed by atoms with E-state index in [1.807, 2.05) is 0 Å². The Morgan fingerprint density at radius 2 is 1.87 bits per heavy atom. The van der Waals surface area contributed by atoms with Crippen molar-refractivity contribution in [1.29, 1.82) is 0 Å². The monoisotopic (exact) mass is 206 g/mol. The first-order valence-corrected chi connectivity index (χ1v) is 6.30. The van der Waals surface area contributed by atoms with Crippen LogP contribution in [0.25, 0.3) is 0 Å². The maximum Gasteiger partial charge on any atom is 0.315 e. The van der Waals surface area contributed by atoms with E-state index in [2.05, 4.69) is 10.6 Å². The van der Waals surface area contributed by atoms with Crippen LogP contribution in [0.5, 0.6) is 0 Å². The highest BCUT2D eigenvalue weighted by Crippen LogP contribution is 2.60. The van der Waals surface area contributed by atoms with Crippen LogP contribution in [0.3, 0.4) is 0 Å². The summed E-state index contributed by atoms with van der Waals surface area (Å²) >= 11 is 0. The van der Waals surface area contributed by atoms with Crippen molar-refractivity contribution in [1.82, 2.24) is 10.6 Å². The number of nitrogens with one attached hydrogen (secondary N) is 2. The van der Waals surface area contributed by atoms with Crippen LogP contribution in [0, 0.1) is 23.2 Å². The number of carbonyl (C=O) groups is 1. The summed E-state index contributed by atoms with van der Waals surface area (Å²) in [6.45, 7) is 0.937. The molecule has 5 rings (SSSR count). The van der Waals surface area contributed by atoms with Crippen molar-refractivity contribution in [2.75, 3.05) is 6.54 Å². The maximum atomic E-state index is 11.4. The van der Waals surface area contributed by atoms with Crippen LogP contribution in [-0.2, 0) is 0 Å². The van der Waals surface area contributed by atoms with Gasteiger partial charge >= 0.3 is 6.03 Å². The average Bonchev–Trinajstić information content (AvgIpc) is 2.19. The van der Waals surface area contributed by atoms with E-state index in [9.17, 15) is 4.79 Å². The minimum atomic E-state index is 0.0677. The smallest absolute Gasteiger partial charge is 0.315 e. The zero-order valence-corrected chi connectivity index (χ0v) is 8.96. The predicted octanol–water partition coefficient (Wildman–Crippen LogP) is 1.49. The van der Waals surface area contributed by atoms with E-state index in [4.69, 9.17) is 0 Å². The quantitative estimate of drug-likeness (QED) is 0.619. The first-order valence-electron chi connectivity index (χ1n) is 6.30. The van der Waals surface area contributed by atoms with Crippen molar-refractivity contribution in [3.05, 3.63) is 0 Å². The Morgan fingerprint density at radius 1 is 1.13 bits per heavy atom. The molecule has 0 aromatic carbocycles. The molecule has 4 bridgehead atoms. The normalized spacial score (nSPS) is 55.9. The van der Waals surface area contributed by atoms with Crippen molar-refractivity contribution >= 4 is 6.03 Å². The van der Waals surface area contributed by atoms with E-state index < -0.39 is 0 Å². The van der Waals surface area contributed by atoms with E-state index >= 15 is 0 Å². The van der Waals surface area contributed by atoms with Gasteiger partial charge in [0.15, 0.2) is 0 Å². The van der Waals surface area contributed by atoms with Gasteiger partial charge in [0.05, 0.1) is 0 Å². The SMILES string of the molecule is O=C1NCC23CC4CC(CC(C4)C2N1)C3. The summed E-state index contributed by atoms with van der Waals surface area (Å²) in [7, 11) is 0. The fourth-order valence-corrected chi connectivity index (χ4v) is 5.18. The lowest BCUT2D eigenvalue weighted by molar-refractivity contribution is -0.0851. The van der Waals surface area contributed by atoms with Gasteiger partial charge in [-0.05, 0) is 49.9 Å². The summed E-state index contributed by atoms with van der Waals surface area (Å²) < 4.78 is 0. The number of urea groups is 1. The molecule has 1 heterocycles.